The third-order valence-electron chi connectivity index (χ3n) is 2.99. The Balaban J connectivity index is 2.16. The summed E-state index contributed by atoms with van der Waals surface area (Å²) >= 11 is 0. The van der Waals surface area contributed by atoms with E-state index in [1.165, 1.54) is 38.6 Å². The van der Waals surface area contributed by atoms with Gasteiger partial charge in [-0.2, -0.15) is 0 Å². The van der Waals surface area contributed by atoms with Crippen LogP contribution >= 0.6 is 0 Å². The molecule has 13 heavy (non-hydrogen) atoms. The van der Waals surface area contributed by atoms with Crippen molar-refractivity contribution in [3.63, 3.8) is 0 Å². The molecule has 0 amide bonds. The molecule has 78 valence electrons. The van der Waals surface area contributed by atoms with E-state index in [1.807, 2.05) is 0 Å². The molecule has 0 spiro atoms. The van der Waals surface area contributed by atoms with Crippen LogP contribution in [0.2, 0.25) is 0 Å². The van der Waals surface area contributed by atoms with Gasteiger partial charge in [-0.3, -0.25) is 0 Å². The summed E-state index contributed by atoms with van der Waals surface area (Å²) in [7, 11) is 0. The fraction of sp³-hybridized carbons (Fsp3) is 1.00. The maximum atomic E-state index is 8.79. The monoisotopic (exact) mass is 185 g/mol. The van der Waals surface area contributed by atoms with Gasteiger partial charge >= 0.3 is 0 Å². The van der Waals surface area contributed by atoms with Gasteiger partial charge in [-0.1, -0.05) is 19.8 Å². The largest absolute Gasteiger partial charge is 0.396 e. The summed E-state index contributed by atoms with van der Waals surface area (Å²) in [5.41, 5.74) is 0. The van der Waals surface area contributed by atoms with E-state index in [4.69, 9.17) is 5.11 Å². The van der Waals surface area contributed by atoms with Gasteiger partial charge in [0.25, 0.3) is 0 Å². The summed E-state index contributed by atoms with van der Waals surface area (Å²) in [6.45, 7) is 4.92. The van der Waals surface area contributed by atoms with E-state index in [-0.39, 0.29) is 0 Å². The van der Waals surface area contributed by atoms with Gasteiger partial charge in [0.1, 0.15) is 0 Å². The normalized spacial score (nSPS) is 17.8. The zero-order valence-corrected chi connectivity index (χ0v) is 8.84. The van der Waals surface area contributed by atoms with Crippen molar-refractivity contribution < 1.29 is 5.11 Å². The summed E-state index contributed by atoms with van der Waals surface area (Å²) in [6.07, 6.45) is 7.71. The predicted molar refractivity (Wildman–Crippen MR) is 55.8 cm³/mol. The standard InChI is InChI=1S/C11H23NO/c1-2-3-8-12(9-5-10-13)11-6-4-7-11/h11,13H,2-10H2,1H3. The second-order valence-corrected chi connectivity index (χ2v) is 4.05. The molecule has 0 aromatic rings. The van der Waals surface area contributed by atoms with Gasteiger partial charge in [0.05, 0.1) is 0 Å². The van der Waals surface area contributed by atoms with Gasteiger partial charge in [-0.05, 0) is 32.2 Å². The van der Waals surface area contributed by atoms with E-state index in [0.29, 0.717) is 6.61 Å². The molecule has 0 heterocycles. The number of unbranched alkanes of at least 4 members (excludes halogenated alkanes) is 1. The van der Waals surface area contributed by atoms with Crippen LogP contribution in [0.1, 0.15) is 45.4 Å². The Morgan fingerprint density at radius 3 is 2.38 bits per heavy atom. The van der Waals surface area contributed by atoms with Crippen molar-refractivity contribution in [2.24, 2.45) is 0 Å². The van der Waals surface area contributed by atoms with Crippen LogP contribution < -0.4 is 0 Å². The molecule has 2 nitrogen and oxygen atoms in total. The Kier molecular flexibility index (Phi) is 5.40. The second kappa shape index (κ2) is 6.39. The molecule has 0 aromatic carbocycles. The molecule has 0 radical (unpaired) electrons. The smallest absolute Gasteiger partial charge is 0.0443 e. The molecule has 0 aliphatic heterocycles. The van der Waals surface area contributed by atoms with Crippen molar-refractivity contribution in [3.05, 3.63) is 0 Å². The van der Waals surface area contributed by atoms with Crippen molar-refractivity contribution in [2.45, 2.75) is 51.5 Å². The van der Waals surface area contributed by atoms with E-state index in [2.05, 4.69) is 11.8 Å². The molecule has 1 fully saturated rings. The molecule has 0 unspecified atom stereocenters. The zero-order valence-electron chi connectivity index (χ0n) is 8.84. The first-order chi connectivity index (χ1) is 6.38. The highest BCUT2D eigenvalue weighted by molar-refractivity contribution is 4.79. The average Bonchev–Trinajstić information content (AvgIpc) is 2.06. The lowest BCUT2D eigenvalue weighted by Crippen LogP contribution is -2.41. The van der Waals surface area contributed by atoms with E-state index in [0.717, 1.165) is 19.0 Å². The quantitative estimate of drug-likeness (QED) is 0.656. The highest BCUT2D eigenvalue weighted by Gasteiger charge is 2.23. The van der Waals surface area contributed by atoms with Crippen LogP contribution in [-0.4, -0.2) is 35.7 Å². The van der Waals surface area contributed by atoms with Crippen molar-refractivity contribution >= 4 is 0 Å². The molecule has 1 aliphatic carbocycles. The Labute approximate surface area is 81.9 Å². The minimum Gasteiger partial charge on any atom is -0.396 e. The zero-order chi connectivity index (χ0) is 9.52. The predicted octanol–water partition coefficient (Wildman–Crippen LogP) is 2.02. The van der Waals surface area contributed by atoms with E-state index < -0.39 is 0 Å². The highest BCUT2D eigenvalue weighted by atomic mass is 16.3. The van der Waals surface area contributed by atoms with Crippen LogP contribution in [0.3, 0.4) is 0 Å². The maximum absolute atomic E-state index is 8.79. The minimum absolute atomic E-state index is 0.343. The first-order valence-electron chi connectivity index (χ1n) is 5.73. The third kappa shape index (κ3) is 3.65. The number of rotatable bonds is 7. The maximum Gasteiger partial charge on any atom is 0.0443 e. The van der Waals surface area contributed by atoms with E-state index >= 15 is 0 Å². The summed E-state index contributed by atoms with van der Waals surface area (Å²) in [6, 6.07) is 0.845. The first-order valence-corrected chi connectivity index (χ1v) is 5.73. The summed E-state index contributed by atoms with van der Waals surface area (Å²) in [5, 5.41) is 8.79. The van der Waals surface area contributed by atoms with Crippen molar-refractivity contribution in [3.8, 4) is 0 Å². The lowest BCUT2D eigenvalue weighted by atomic mass is 9.91. The lowest BCUT2D eigenvalue weighted by molar-refractivity contribution is 0.115. The first kappa shape index (κ1) is 11.0. The SMILES string of the molecule is CCCCN(CCCO)C1CCC1. The van der Waals surface area contributed by atoms with Crippen molar-refractivity contribution in [1.29, 1.82) is 0 Å². The fourth-order valence-electron chi connectivity index (χ4n) is 1.86. The molecule has 0 aromatic heterocycles. The molecule has 1 rings (SSSR count). The van der Waals surface area contributed by atoms with Gasteiger partial charge in [0.2, 0.25) is 0 Å². The van der Waals surface area contributed by atoms with Gasteiger partial charge in [0, 0.05) is 19.2 Å². The van der Waals surface area contributed by atoms with Crippen molar-refractivity contribution in [2.75, 3.05) is 19.7 Å². The van der Waals surface area contributed by atoms with E-state index in [1.54, 1.807) is 0 Å². The molecule has 0 atom stereocenters. The molecule has 1 saturated carbocycles. The van der Waals surface area contributed by atoms with Gasteiger partial charge in [0.15, 0.2) is 0 Å². The average molecular weight is 185 g/mol. The number of aliphatic hydroxyl groups excluding tert-OH is 1. The van der Waals surface area contributed by atoms with Crippen molar-refractivity contribution in [1.82, 2.24) is 4.90 Å². The fourth-order valence-corrected chi connectivity index (χ4v) is 1.86. The summed E-state index contributed by atoms with van der Waals surface area (Å²) in [5.74, 6) is 0. The number of hydrogen-bond donors (Lipinski definition) is 1. The Bertz CT molecular complexity index is 115. The number of nitrogens with zero attached hydrogens (tertiary/aromatic N) is 1. The van der Waals surface area contributed by atoms with Crippen LogP contribution in [0.4, 0.5) is 0 Å². The van der Waals surface area contributed by atoms with Gasteiger partial charge < -0.3 is 10.0 Å². The van der Waals surface area contributed by atoms with Crippen LogP contribution in [0, 0.1) is 0 Å². The molecular weight excluding hydrogens is 162 g/mol. The lowest BCUT2D eigenvalue weighted by Gasteiger charge is -2.37. The number of aliphatic hydroxyl groups is 1. The molecule has 0 saturated heterocycles. The van der Waals surface area contributed by atoms with Gasteiger partial charge in [-0.25, -0.2) is 0 Å². The van der Waals surface area contributed by atoms with Gasteiger partial charge in [-0.15, -0.1) is 0 Å². The highest BCUT2D eigenvalue weighted by Crippen LogP contribution is 2.25. The Hall–Kier alpha value is -0.0800. The Morgan fingerprint density at radius 2 is 1.92 bits per heavy atom. The minimum atomic E-state index is 0.343. The van der Waals surface area contributed by atoms with Crippen LogP contribution in [0.5, 0.6) is 0 Å². The second-order valence-electron chi connectivity index (χ2n) is 4.05. The Morgan fingerprint density at radius 1 is 1.23 bits per heavy atom. The molecule has 0 bridgehead atoms. The third-order valence-corrected chi connectivity index (χ3v) is 2.99. The van der Waals surface area contributed by atoms with Crippen LogP contribution in [0.15, 0.2) is 0 Å². The van der Waals surface area contributed by atoms with Crippen LogP contribution in [-0.2, 0) is 0 Å². The molecule has 1 aliphatic rings. The van der Waals surface area contributed by atoms with E-state index in [9.17, 15) is 0 Å². The summed E-state index contributed by atoms with van der Waals surface area (Å²) in [4.78, 5) is 2.57. The molecule has 2 heteroatoms. The van der Waals surface area contributed by atoms with Crippen LogP contribution in [0.25, 0.3) is 0 Å². The molecular formula is C11H23NO. The topological polar surface area (TPSA) is 23.5 Å². The molecule has 1 N–H and O–H groups in total. The number of hydrogen-bond acceptors (Lipinski definition) is 2. The summed E-state index contributed by atoms with van der Waals surface area (Å²) < 4.78 is 0.